The number of halogens is 1. The maximum atomic E-state index is 5.12. The number of benzene rings is 3. The minimum absolute atomic E-state index is 0.0922. The third kappa shape index (κ3) is 2.63. The lowest BCUT2D eigenvalue weighted by atomic mass is 10.0. The fourth-order valence-corrected chi connectivity index (χ4v) is 4.24. The van der Waals surface area contributed by atoms with Crippen molar-refractivity contribution in [3.8, 4) is 0 Å². The Balaban J connectivity index is 1.56. The molecule has 128 valence electrons. The van der Waals surface area contributed by atoms with Crippen molar-refractivity contribution in [3.63, 3.8) is 0 Å². The standard InChI is InChI=1S/C23H19BrN2/c1-15-7-9-16(10-8-15)20-22-21(17-5-3-2-4-6-17)26(22)23(25-20)18-11-13-19(24)14-12-18/h2-14,21-23H,1H3/t21-,22-,23+,26?/m0/s1. The summed E-state index contributed by atoms with van der Waals surface area (Å²) in [5.41, 5.74) is 6.36. The molecule has 2 nitrogen and oxygen atoms in total. The Morgan fingerprint density at radius 1 is 0.769 bits per heavy atom. The van der Waals surface area contributed by atoms with Crippen LogP contribution in [0.25, 0.3) is 0 Å². The van der Waals surface area contributed by atoms with E-state index in [9.17, 15) is 0 Å². The average Bonchev–Trinajstić information content (AvgIpc) is 3.29. The van der Waals surface area contributed by atoms with Crippen LogP contribution < -0.4 is 0 Å². The van der Waals surface area contributed by atoms with Gasteiger partial charge in [0.2, 0.25) is 0 Å². The van der Waals surface area contributed by atoms with Crippen LogP contribution in [0.2, 0.25) is 0 Å². The highest BCUT2D eigenvalue weighted by Gasteiger charge is 2.59. The predicted molar refractivity (Wildman–Crippen MR) is 109 cm³/mol. The van der Waals surface area contributed by atoms with Gasteiger partial charge in [0.25, 0.3) is 0 Å². The zero-order valence-corrected chi connectivity index (χ0v) is 16.1. The molecule has 0 aromatic heterocycles. The number of fused-ring (bicyclic) bond motifs is 1. The molecule has 4 atom stereocenters. The second-order valence-electron chi connectivity index (χ2n) is 7.05. The summed E-state index contributed by atoms with van der Waals surface area (Å²) >= 11 is 3.53. The molecule has 2 heterocycles. The number of nitrogens with zero attached hydrogens (tertiary/aromatic N) is 2. The molecule has 3 aromatic rings. The second kappa shape index (κ2) is 6.19. The molecule has 0 bridgehead atoms. The van der Waals surface area contributed by atoms with E-state index in [0.29, 0.717) is 12.1 Å². The molecule has 3 heteroatoms. The largest absolute Gasteiger partial charge is 0.263 e. The van der Waals surface area contributed by atoms with E-state index in [0.717, 1.165) is 4.47 Å². The smallest absolute Gasteiger partial charge is 0.129 e. The number of aryl methyl sites for hydroxylation is 1. The Kier molecular flexibility index (Phi) is 3.80. The molecule has 0 saturated carbocycles. The van der Waals surface area contributed by atoms with E-state index in [2.05, 4.69) is 107 Å². The Bertz CT molecular complexity index is 961. The first kappa shape index (κ1) is 16.0. The first-order valence-corrected chi connectivity index (χ1v) is 9.74. The van der Waals surface area contributed by atoms with Gasteiger partial charge in [-0.3, -0.25) is 9.89 Å². The minimum Gasteiger partial charge on any atom is -0.263 e. The summed E-state index contributed by atoms with van der Waals surface area (Å²) < 4.78 is 1.10. The zero-order valence-electron chi connectivity index (χ0n) is 14.5. The van der Waals surface area contributed by atoms with E-state index < -0.39 is 0 Å². The van der Waals surface area contributed by atoms with Crippen molar-refractivity contribution >= 4 is 21.6 Å². The molecule has 0 amide bonds. The van der Waals surface area contributed by atoms with Gasteiger partial charge in [0.1, 0.15) is 6.17 Å². The molecule has 1 saturated heterocycles. The zero-order chi connectivity index (χ0) is 17.7. The first-order valence-electron chi connectivity index (χ1n) is 8.95. The van der Waals surface area contributed by atoms with Gasteiger partial charge in [0.05, 0.1) is 17.8 Å². The summed E-state index contributed by atoms with van der Waals surface area (Å²) in [6.45, 7) is 2.13. The third-order valence-electron chi connectivity index (χ3n) is 5.33. The van der Waals surface area contributed by atoms with Gasteiger partial charge in [-0.15, -0.1) is 0 Å². The topological polar surface area (TPSA) is 15.4 Å². The summed E-state index contributed by atoms with van der Waals surface area (Å²) in [5, 5.41) is 0. The molecule has 1 unspecified atom stereocenters. The number of rotatable bonds is 3. The maximum absolute atomic E-state index is 5.12. The Labute approximate surface area is 162 Å². The summed E-state index contributed by atoms with van der Waals surface area (Å²) in [6, 6.07) is 28.9. The number of hydrogen-bond acceptors (Lipinski definition) is 2. The van der Waals surface area contributed by atoms with Crippen molar-refractivity contribution < 1.29 is 0 Å². The van der Waals surface area contributed by atoms with Gasteiger partial charge in [-0.1, -0.05) is 88.2 Å². The van der Waals surface area contributed by atoms with Crippen molar-refractivity contribution in [3.05, 3.63) is 106 Å². The average molecular weight is 403 g/mol. The molecule has 5 rings (SSSR count). The Morgan fingerprint density at radius 2 is 1.46 bits per heavy atom. The van der Waals surface area contributed by atoms with Crippen LogP contribution in [0, 0.1) is 6.92 Å². The van der Waals surface area contributed by atoms with Gasteiger partial charge in [-0.05, 0) is 35.7 Å². The van der Waals surface area contributed by atoms with Gasteiger partial charge < -0.3 is 0 Å². The van der Waals surface area contributed by atoms with Crippen LogP contribution in [0.3, 0.4) is 0 Å². The van der Waals surface area contributed by atoms with Gasteiger partial charge >= 0.3 is 0 Å². The maximum Gasteiger partial charge on any atom is 0.129 e. The summed E-state index contributed by atoms with van der Waals surface area (Å²) in [4.78, 5) is 7.64. The molecular weight excluding hydrogens is 384 g/mol. The molecule has 0 spiro atoms. The van der Waals surface area contributed by atoms with Gasteiger partial charge in [0.15, 0.2) is 0 Å². The Morgan fingerprint density at radius 3 is 2.15 bits per heavy atom. The first-order chi connectivity index (χ1) is 12.7. The molecule has 1 fully saturated rings. The van der Waals surface area contributed by atoms with Crippen LogP contribution in [-0.4, -0.2) is 16.7 Å². The van der Waals surface area contributed by atoms with E-state index in [1.54, 1.807) is 0 Å². The Hall–Kier alpha value is -2.23. The van der Waals surface area contributed by atoms with Crippen molar-refractivity contribution in [2.45, 2.75) is 25.2 Å². The van der Waals surface area contributed by atoms with Crippen LogP contribution in [0.1, 0.15) is 34.5 Å². The van der Waals surface area contributed by atoms with Crippen LogP contribution >= 0.6 is 15.9 Å². The summed E-state index contributed by atoms with van der Waals surface area (Å²) in [6.07, 6.45) is 0.0922. The normalized spacial score (nSPS) is 26.3. The van der Waals surface area contributed by atoms with Crippen molar-refractivity contribution in [2.24, 2.45) is 4.99 Å². The molecule has 0 radical (unpaired) electrons. The molecule has 26 heavy (non-hydrogen) atoms. The van der Waals surface area contributed by atoms with E-state index in [1.807, 2.05) is 0 Å². The third-order valence-corrected chi connectivity index (χ3v) is 5.86. The van der Waals surface area contributed by atoms with E-state index in [-0.39, 0.29) is 6.17 Å². The van der Waals surface area contributed by atoms with Crippen molar-refractivity contribution in [1.82, 2.24) is 4.90 Å². The van der Waals surface area contributed by atoms with Crippen LogP contribution in [0.5, 0.6) is 0 Å². The molecular formula is C23H19BrN2. The molecule has 2 aliphatic rings. The lowest BCUT2D eigenvalue weighted by Crippen LogP contribution is -2.08. The lowest BCUT2D eigenvalue weighted by Gasteiger charge is -2.14. The molecule has 2 aliphatic heterocycles. The summed E-state index contributed by atoms with van der Waals surface area (Å²) in [5.74, 6) is 0. The fourth-order valence-electron chi connectivity index (χ4n) is 3.97. The fraction of sp³-hybridized carbons (Fsp3) is 0.174. The van der Waals surface area contributed by atoms with E-state index in [1.165, 1.54) is 28.0 Å². The SMILES string of the molecule is Cc1ccc(C2=N[C@@H](c3ccc(Br)cc3)N3[C@@H]2[C@@H]3c2ccccc2)cc1. The minimum atomic E-state index is 0.0922. The quantitative estimate of drug-likeness (QED) is 0.514. The van der Waals surface area contributed by atoms with Crippen molar-refractivity contribution in [2.75, 3.05) is 0 Å². The molecule has 0 aliphatic carbocycles. The van der Waals surface area contributed by atoms with Crippen LogP contribution in [-0.2, 0) is 0 Å². The predicted octanol–water partition coefficient (Wildman–Crippen LogP) is 5.68. The highest BCUT2D eigenvalue weighted by atomic mass is 79.9. The summed E-state index contributed by atoms with van der Waals surface area (Å²) in [7, 11) is 0. The van der Waals surface area contributed by atoms with Crippen molar-refractivity contribution in [1.29, 1.82) is 0 Å². The van der Waals surface area contributed by atoms with Gasteiger partial charge in [0, 0.05) is 4.47 Å². The van der Waals surface area contributed by atoms with Gasteiger partial charge in [-0.2, -0.15) is 0 Å². The van der Waals surface area contributed by atoms with Gasteiger partial charge in [-0.25, -0.2) is 0 Å². The van der Waals surface area contributed by atoms with Crippen LogP contribution in [0.15, 0.2) is 88.3 Å². The molecule has 0 N–H and O–H groups in total. The van der Waals surface area contributed by atoms with Crippen LogP contribution in [0.4, 0.5) is 0 Å². The van der Waals surface area contributed by atoms with E-state index >= 15 is 0 Å². The highest BCUT2D eigenvalue weighted by molar-refractivity contribution is 9.10. The second-order valence-corrected chi connectivity index (χ2v) is 7.97. The molecule has 3 aromatic carbocycles. The lowest BCUT2D eigenvalue weighted by molar-refractivity contribution is 0.404. The number of hydrogen-bond donors (Lipinski definition) is 0. The number of aliphatic imine (C=N–C) groups is 1. The monoisotopic (exact) mass is 402 g/mol. The van der Waals surface area contributed by atoms with E-state index in [4.69, 9.17) is 4.99 Å². The highest BCUT2D eigenvalue weighted by Crippen LogP contribution is 2.55.